The van der Waals surface area contributed by atoms with E-state index in [1.807, 2.05) is 29.8 Å². The van der Waals surface area contributed by atoms with Crippen LogP contribution in [0.25, 0.3) is 5.65 Å². The molecule has 1 unspecified atom stereocenters. The smallest absolute Gasteiger partial charge is 0.245 e. The number of rotatable bonds is 1. The number of hydrogen-bond acceptors (Lipinski definition) is 4. The van der Waals surface area contributed by atoms with Crippen molar-refractivity contribution in [3.8, 4) is 0 Å². The minimum atomic E-state index is 0.257. The summed E-state index contributed by atoms with van der Waals surface area (Å²) in [5, 5.41) is 4.47. The fourth-order valence-corrected chi connectivity index (χ4v) is 2.13. The van der Waals surface area contributed by atoms with E-state index in [1.165, 1.54) is 0 Å². The largest absolute Gasteiger partial charge is 0.338 e. The molecular weight excluding hydrogens is 202 g/mol. The van der Waals surface area contributed by atoms with Crippen LogP contribution in [-0.2, 0) is 0 Å². The molecule has 1 fully saturated rings. The highest BCUT2D eigenvalue weighted by molar-refractivity contribution is 5.50. The standard InChI is InChI=1S/C11H15N5/c1-8-3-2-5-16-10(8)13-11(14-16)15-6-4-9(12)7-15/h2-3,5,9H,4,6-7,12H2,1H3. The van der Waals surface area contributed by atoms with Crippen molar-refractivity contribution >= 4 is 11.6 Å². The maximum Gasteiger partial charge on any atom is 0.245 e. The highest BCUT2D eigenvalue weighted by atomic mass is 15.4. The van der Waals surface area contributed by atoms with E-state index >= 15 is 0 Å². The summed E-state index contributed by atoms with van der Waals surface area (Å²) in [7, 11) is 0. The van der Waals surface area contributed by atoms with E-state index < -0.39 is 0 Å². The molecular formula is C11H15N5. The van der Waals surface area contributed by atoms with Gasteiger partial charge in [-0.25, -0.2) is 4.52 Å². The minimum Gasteiger partial charge on any atom is -0.338 e. The lowest BCUT2D eigenvalue weighted by Crippen LogP contribution is -2.27. The SMILES string of the molecule is Cc1cccn2nc(N3CCC(N)C3)nc12. The Morgan fingerprint density at radius 1 is 1.50 bits per heavy atom. The van der Waals surface area contributed by atoms with E-state index in [-0.39, 0.29) is 6.04 Å². The van der Waals surface area contributed by atoms with Crippen LogP contribution in [-0.4, -0.2) is 33.7 Å². The molecule has 0 saturated carbocycles. The summed E-state index contributed by atoms with van der Waals surface area (Å²) in [6, 6.07) is 4.28. The molecule has 1 aliphatic heterocycles. The molecule has 0 aliphatic carbocycles. The van der Waals surface area contributed by atoms with Gasteiger partial charge in [-0.05, 0) is 25.0 Å². The molecule has 0 radical (unpaired) electrons. The number of hydrogen-bond donors (Lipinski definition) is 1. The monoisotopic (exact) mass is 217 g/mol. The molecule has 0 spiro atoms. The lowest BCUT2D eigenvalue weighted by atomic mass is 10.3. The normalized spacial score (nSPS) is 20.9. The van der Waals surface area contributed by atoms with E-state index in [9.17, 15) is 0 Å². The first-order valence-electron chi connectivity index (χ1n) is 5.56. The summed E-state index contributed by atoms with van der Waals surface area (Å²) in [6.45, 7) is 3.86. The number of nitrogens with two attached hydrogens (primary N) is 1. The van der Waals surface area contributed by atoms with Gasteiger partial charge in [-0.3, -0.25) is 0 Å². The summed E-state index contributed by atoms with van der Waals surface area (Å²) >= 11 is 0. The number of fused-ring (bicyclic) bond motifs is 1. The van der Waals surface area contributed by atoms with Gasteiger partial charge in [0.25, 0.3) is 0 Å². The first-order chi connectivity index (χ1) is 7.74. The molecule has 84 valence electrons. The summed E-state index contributed by atoms with van der Waals surface area (Å²) < 4.78 is 1.83. The first-order valence-corrected chi connectivity index (χ1v) is 5.56. The van der Waals surface area contributed by atoms with Gasteiger partial charge >= 0.3 is 0 Å². The van der Waals surface area contributed by atoms with Crippen LogP contribution in [0.1, 0.15) is 12.0 Å². The molecule has 0 amide bonds. The predicted molar refractivity (Wildman–Crippen MR) is 62.5 cm³/mol. The summed E-state index contributed by atoms with van der Waals surface area (Å²) in [6.07, 6.45) is 2.95. The van der Waals surface area contributed by atoms with Crippen LogP contribution in [0, 0.1) is 6.92 Å². The van der Waals surface area contributed by atoms with E-state index in [1.54, 1.807) is 0 Å². The Labute approximate surface area is 93.9 Å². The molecule has 3 rings (SSSR count). The van der Waals surface area contributed by atoms with Gasteiger partial charge in [-0.15, -0.1) is 5.10 Å². The van der Waals surface area contributed by atoms with E-state index in [4.69, 9.17) is 5.73 Å². The van der Waals surface area contributed by atoms with E-state index in [2.05, 4.69) is 15.0 Å². The highest BCUT2D eigenvalue weighted by Gasteiger charge is 2.22. The summed E-state index contributed by atoms with van der Waals surface area (Å²) in [5.41, 5.74) is 7.95. The lowest BCUT2D eigenvalue weighted by Gasteiger charge is -2.11. The molecule has 3 heterocycles. The number of anilines is 1. The Bertz CT molecular complexity index is 518. The van der Waals surface area contributed by atoms with Crippen molar-refractivity contribution in [3.63, 3.8) is 0 Å². The zero-order chi connectivity index (χ0) is 11.1. The molecule has 5 nitrogen and oxygen atoms in total. The maximum absolute atomic E-state index is 5.88. The van der Waals surface area contributed by atoms with Crippen molar-refractivity contribution in [2.24, 2.45) is 5.73 Å². The van der Waals surface area contributed by atoms with Gasteiger partial charge in [-0.1, -0.05) is 6.07 Å². The third-order valence-electron chi connectivity index (χ3n) is 3.05. The Kier molecular flexibility index (Phi) is 2.07. The van der Waals surface area contributed by atoms with Crippen LogP contribution in [0.3, 0.4) is 0 Å². The van der Waals surface area contributed by atoms with E-state index in [0.717, 1.165) is 36.7 Å². The van der Waals surface area contributed by atoms with Crippen LogP contribution in [0.4, 0.5) is 5.95 Å². The molecule has 2 aromatic heterocycles. The Balaban J connectivity index is 2.02. The molecule has 5 heteroatoms. The van der Waals surface area contributed by atoms with Crippen molar-refractivity contribution in [2.45, 2.75) is 19.4 Å². The molecule has 2 aromatic rings. The zero-order valence-corrected chi connectivity index (χ0v) is 9.30. The Hall–Kier alpha value is -1.62. The fraction of sp³-hybridized carbons (Fsp3) is 0.455. The minimum absolute atomic E-state index is 0.257. The van der Waals surface area contributed by atoms with Gasteiger partial charge in [0.15, 0.2) is 5.65 Å². The van der Waals surface area contributed by atoms with Crippen LogP contribution in [0.2, 0.25) is 0 Å². The molecule has 2 N–H and O–H groups in total. The average molecular weight is 217 g/mol. The number of aromatic nitrogens is 3. The van der Waals surface area contributed by atoms with Crippen LogP contribution >= 0.6 is 0 Å². The maximum atomic E-state index is 5.88. The van der Waals surface area contributed by atoms with Crippen molar-refractivity contribution < 1.29 is 0 Å². The van der Waals surface area contributed by atoms with Gasteiger partial charge in [0.1, 0.15) is 0 Å². The molecule has 0 aromatic carbocycles. The van der Waals surface area contributed by atoms with Crippen molar-refractivity contribution in [2.75, 3.05) is 18.0 Å². The van der Waals surface area contributed by atoms with Crippen LogP contribution in [0.5, 0.6) is 0 Å². The van der Waals surface area contributed by atoms with Gasteiger partial charge < -0.3 is 10.6 Å². The first kappa shape index (κ1) is 9.59. The predicted octanol–water partition coefficient (Wildman–Crippen LogP) is 0.575. The number of aryl methyl sites for hydroxylation is 1. The topological polar surface area (TPSA) is 59.5 Å². The van der Waals surface area contributed by atoms with Gasteiger partial charge in [0.05, 0.1) is 0 Å². The molecule has 1 saturated heterocycles. The summed E-state index contributed by atoms with van der Waals surface area (Å²) in [4.78, 5) is 6.70. The second-order valence-corrected chi connectivity index (χ2v) is 4.37. The average Bonchev–Trinajstić information content (AvgIpc) is 2.84. The van der Waals surface area contributed by atoms with Crippen molar-refractivity contribution in [3.05, 3.63) is 23.9 Å². The third-order valence-corrected chi connectivity index (χ3v) is 3.05. The van der Waals surface area contributed by atoms with Crippen molar-refractivity contribution in [1.82, 2.24) is 14.6 Å². The number of nitrogens with zero attached hydrogens (tertiary/aromatic N) is 4. The van der Waals surface area contributed by atoms with Gasteiger partial charge in [-0.2, -0.15) is 4.98 Å². The zero-order valence-electron chi connectivity index (χ0n) is 9.30. The second-order valence-electron chi connectivity index (χ2n) is 4.37. The number of pyridine rings is 1. The third kappa shape index (κ3) is 1.44. The Morgan fingerprint density at radius 3 is 3.06 bits per heavy atom. The highest BCUT2D eigenvalue weighted by Crippen LogP contribution is 2.17. The van der Waals surface area contributed by atoms with E-state index in [0.29, 0.717) is 0 Å². The van der Waals surface area contributed by atoms with Crippen LogP contribution < -0.4 is 10.6 Å². The second kappa shape index (κ2) is 3.45. The summed E-state index contributed by atoms with van der Waals surface area (Å²) in [5.74, 6) is 0.794. The fourth-order valence-electron chi connectivity index (χ4n) is 2.13. The van der Waals surface area contributed by atoms with Crippen LogP contribution in [0.15, 0.2) is 18.3 Å². The Morgan fingerprint density at radius 2 is 2.38 bits per heavy atom. The molecule has 0 bridgehead atoms. The van der Waals surface area contributed by atoms with Gasteiger partial charge in [0, 0.05) is 25.3 Å². The quantitative estimate of drug-likeness (QED) is 0.759. The molecule has 1 atom stereocenters. The van der Waals surface area contributed by atoms with Crippen molar-refractivity contribution in [1.29, 1.82) is 0 Å². The lowest BCUT2D eigenvalue weighted by molar-refractivity contribution is 0.750. The molecule has 1 aliphatic rings. The molecule has 16 heavy (non-hydrogen) atoms. The van der Waals surface area contributed by atoms with Gasteiger partial charge in [0.2, 0.25) is 5.95 Å².